The van der Waals surface area contributed by atoms with Crippen LogP contribution in [0, 0.1) is 0 Å². The summed E-state index contributed by atoms with van der Waals surface area (Å²) in [6.45, 7) is 4.18. The number of hydrogen-bond donors (Lipinski definition) is 1. The predicted octanol–water partition coefficient (Wildman–Crippen LogP) is 2.50. The summed E-state index contributed by atoms with van der Waals surface area (Å²) in [5.74, 6) is 1.52. The van der Waals surface area contributed by atoms with Gasteiger partial charge in [-0.1, -0.05) is 6.07 Å². The molecule has 1 atom stereocenters. The van der Waals surface area contributed by atoms with E-state index < -0.39 is 6.09 Å². The third-order valence-electron chi connectivity index (χ3n) is 7.66. The van der Waals surface area contributed by atoms with Gasteiger partial charge in [-0.15, -0.1) is 0 Å². The van der Waals surface area contributed by atoms with Crippen LogP contribution in [0.1, 0.15) is 30.6 Å². The van der Waals surface area contributed by atoms with Crippen LogP contribution in [0.3, 0.4) is 0 Å². The zero-order valence-electron chi connectivity index (χ0n) is 21.2. The molecule has 0 spiro atoms. The van der Waals surface area contributed by atoms with Crippen LogP contribution in [-0.4, -0.2) is 58.3 Å². The van der Waals surface area contributed by atoms with Crippen molar-refractivity contribution in [1.82, 2.24) is 28.6 Å². The van der Waals surface area contributed by atoms with E-state index in [9.17, 15) is 19.5 Å². The fourth-order valence-corrected chi connectivity index (χ4v) is 5.62. The molecule has 0 saturated heterocycles. The van der Waals surface area contributed by atoms with Crippen LogP contribution in [0.25, 0.3) is 11.0 Å². The zero-order valence-corrected chi connectivity index (χ0v) is 21.2. The molecule has 11 nitrogen and oxygen atoms in total. The molecule has 5 heterocycles. The van der Waals surface area contributed by atoms with Gasteiger partial charge in [0.15, 0.2) is 0 Å². The summed E-state index contributed by atoms with van der Waals surface area (Å²) < 4.78 is 5.61. The van der Waals surface area contributed by atoms with Crippen molar-refractivity contribution in [3.63, 3.8) is 0 Å². The molecule has 4 aromatic rings. The van der Waals surface area contributed by atoms with Gasteiger partial charge in [0.05, 0.1) is 23.3 Å². The molecule has 1 N–H and O–H groups in total. The molecule has 0 aliphatic carbocycles. The van der Waals surface area contributed by atoms with Crippen LogP contribution in [0.4, 0.5) is 10.5 Å². The number of fused-ring (bicyclic) bond motifs is 4. The molecule has 3 aromatic heterocycles. The Labute approximate surface area is 218 Å². The number of carbonyl (C=O) groups is 2. The second-order valence-electron chi connectivity index (χ2n) is 9.92. The molecule has 0 radical (unpaired) electrons. The largest absolute Gasteiger partial charge is 0.465 e. The van der Waals surface area contributed by atoms with Gasteiger partial charge in [0.1, 0.15) is 18.2 Å². The van der Waals surface area contributed by atoms with Crippen LogP contribution in [0.15, 0.2) is 53.7 Å². The Kier molecular flexibility index (Phi) is 5.97. The highest BCUT2D eigenvalue weighted by Gasteiger charge is 2.31. The van der Waals surface area contributed by atoms with Crippen molar-refractivity contribution in [2.75, 3.05) is 11.4 Å². The van der Waals surface area contributed by atoms with Gasteiger partial charge in [0.25, 0.3) is 5.56 Å². The molecule has 0 fully saturated rings. The molecule has 0 bridgehead atoms. The second-order valence-corrected chi connectivity index (χ2v) is 9.92. The summed E-state index contributed by atoms with van der Waals surface area (Å²) in [4.78, 5) is 50.3. The fourth-order valence-electron chi connectivity index (χ4n) is 5.62. The molecule has 6 rings (SSSR count). The van der Waals surface area contributed by atoms with Crippen LogP contribution >= 0.6 is 0 Å². The van der Waals surface area contributed by atoms with Crippen molar-refractivity contribution in [3.8, 4) is 0 Å². The Balaban J connectivity index is 1.38. The summed E-state index contributed by atoms with van der Waals surface area (Å²) in [6, 6.07) is 8.60. The molecule has 2 aliphatic heterocycles. The Morgan fingerprint density at radius 1 is 1.13 bits per heavy atom. The van der Waals surface area contributed by atoms with Crippen molar-refractivity contribution in [1.29, 1.82) is 0 Å². The number of amides is 2. The molecule has 2 amide bonds. The first-order chi connectivity index (χ1) is 18.4. The van der Waals surface area contributed by atoms with E-state index in [4.69, 9.17) is 4.98 Å². The quantitative estimate of drug-likeness (QED) is 0.436. The molecule has 11 heteroatoms. The van der Waals surface area contributed by atoms with Gasteiger partial charge in [-0.2, -0.15) is 0 Å². The maximum Gasteiger partial charge on any atom is 0.412 e. The Hall–Kier alpha value is -4.41. The number of pyridine rings is 1. The summed E-state index contributed by atoms with van der Waals surface area (Å²) >= 11 is 0. The maximum atomic E-state index is 13.5. The minimum absolute atomic E-state index is 0.0322. The second kappa shape index (κ2) is 9.47. The SMILES string of the molecule is C[C@H]1CCc2c(ccc3c2nc(CCn2ccccc2=O)n3CC(=O)N2CCn3ccnc3C2)N1C(=O)O. The van der Waals surface area contributed by atoms with Gasteiger partial charge < -0.3 is 23.7 Å². The first-order valence-electron chi connectivity index (χ1n) is 12.9. The topological polar surface area (TPSA) is 118 Å². The van der Waals surface area contributed by atoms with Gasteiger partial charge in [-0.3, -0.25) is 14.5 Å². The lowest BCUT2D eigenvalue weighted by molar-refractivity contribution is -0.133. The minimum Gasteiger partial charge on any atom is -0.465 e. The number of aromatic nitrogens is 5. The number of aryl methyl sites for hydroxylation is 3. The highest BCUT2D eigenvalue weighted by Crippen LogP contribution is 2.36. The first kappa shape index (κ1) is 24.0. The number of hydrogen-bond acceptors (Lipinski definition) is 5. The van der Waals surface area contributed by atoms with Crippen molar-refractivity contribution in [2.24, 2.45) is 0 Å². The lowest BCUT2D eigenvalue weighted by Gasteiger charge is -2.33. The van der Waals surface area contributed by atoms with Crippen LogP contribution < -0.4 is 10.5 Å². The number of carbonyl (C=O) groups excluding carboxylic acids is 1. The van der Waals surface area contributed by atoms with Gasteiger partial charge in [0, 0.05) is 62.3 Å². The highest BCUT2D eigenvalue weighted by atomic mass is 16.4. The fraction of sp³-hybridized carbons (Fsp3) is 0.370. The third kappa shape index (κ3) is 4.13. The van der Waals surface area contributed by atoms with E-state index in [1.807, 2.05) is 40.8 Å². The number of carboxylic acid groups (broad SMARTS) is 1. The number of imidazole rings is 2. The number of nitrogens with zero attached hydrogens (tertiary/aromatic N) is 7. The molecule has 0 unspecified atom stereocenters. The Morgan fingerprint density at radius 3 is 2.82 bits per heavy atom. The number of rotatable bonds is 5. The summed E-state index contributed by atoms with van der Waals surface area (Å²) in [7, 11) is 0. The number of anilines is 1. The van der Waals surface area contributed by atoms with Gasteiger partial charge in [-0.25, -0.2) is 14.8 Å². The average molecular weight is 516 g/mol. The molecule has 196 valence electrons. The van der Waals surface area contributed by atoms with Crippen LogP contribution in [0.5, 0.6) is 0 Å². The lowest BCUT2D eigenvalue weighted by Crippen LogP contribution is -2.41. The minimum atomic E-state index is -0.987. The van der Waals surface area contributed by atoms with E-state index in [1.54, 1.807) is 23.0 Å². The molecule has 1 aromatic carbocycles. The Bertz CT molecular complexity index is 1600. The maximum absolute atomic E-state index is 13.5. The van der Waals surface area contributed by atoms with Gasteiger partial charge in [-0.05, 0) is 38.0 Å². The van der Waals surface area contributed by atoms with E-state index in [2.05, 4.69) is 9.55 Å². The van der Waals surface area contributed by atoms with Crippen LogP contribution in [-0.2, 0) is 43.8 Å². The molecular formula is C27H29N7O4. The third-order valence-corrected chi connectivity index (χ3v) is 7.66. The van der Waals surface area contributed by atoms with E-state index in [1.165, 1.54) is 11.0 Å². The normalized spacial score (nSPS) is 16.9. The smallest absolute Gasteiger partial charge is 0.412 e. The molecule has 0 saturated carbocycles. The molecule has 38 heavy (non-hydrogen) atoms. The molecule has 2 aliphatic rings. The van der Waals surface area contributed by atoms with Crippen molar-refractivity contribution in [2.45, 2.75) is 58.4 Å². The van der Waals surface area contributed by atoms with Crippen LogP contribution in [0.2, 0.25) is 0 Å². The highest BCUT2D eigenvalue weighted by molar-refractivity contribution is 5.95. The standard InChI is InChI=1S/C27H29N7O4/c1-18-5-6-19-20(34(18)27(37)38)7-8-21-26(19)29-22(9-12-31-11-3-2-4-24(31)35)33(21)17-25(36)32-15-14-30-13-10-28-23(30)16-32/h2-4,7-8,10-11,13,18H,5-6,9,12,14-17H2,1H3,(H,37,38)/t18-/m0/s1. The summed E-state index contributed by atoms with van der Waals surface area (Å²) in [5, 5.41) is 9.85. The summed E-state index contributed by atoms with van der Waals surface area (Å²) in [5.41, 5.74) is 2.95. The van der Waals surface area contributed by atoms with E-state index >= 15 is 0 Å². The first-order valence-corrected chi connectivity index (χ1v) is 12.9. The average Bonchev–Trinajstić information content (AvgIpc) is 3.52. The van der Waals surface area contributed by atoms with Crippen molar-refractivity contribution in [3.05, 3.63) is 76.5 Å². The van der Waals surface area contributed by atoms with E-state index in [-0.39, 0.29) is 24.1 Å². The van der Waals surface area contributed by atoms with Crippen molar-refractivity contribution < 1.29 is 14.7 Å². The van der Waals surface area contributed by atoms with Crippen molar-refractivity contribution >= 4 is 28.7 Å². The monoisotopic (exact) mass is 515 g/mol. The van der Waals surface area contributed by atoms with E-state index in [0.717, 1.165) is 22.4 Å². The lowest BCUT2D eigenvalue weighted by atomic mass is 9.96. The Morgan fingerprint density at radius 2 is 2.00 bits per heavy atom. The molecular weight excluding hydrogens is 486 g/mol. The summed E-state index contributed by atoms with van der Waals surface area (Å²) in [6.07, 6.45) is 6.28. The zero-order chi connectivity index (χ0) is 26.4. The van der Waals surface area contributed by atoms with E-state index in [0.29, 0.717) is 57.0 Å². The van der Waals surface area contributed by atoms with Gasteiger partial charge >= 0.3 is 6.09 Å². The predicted molar refractivity (Wildman–Crippen MR) is 140 cm³/mol. The number of benzene rings is 1. The van der Waals surface area contributed by atoms with Gasteiger partial charge in [0.2, 0.25) is 5.91 Å².